The first-order chi connectivity index (χ1) is 8.74. The first kappa shape index (κ1) is 14.2. The Morgan fingerprint density at radius 1 is 1.17 bits per heavy atom. The highest BCUT2D eigenvalue weighted by atomic mass is 16.1. The van der Waals surface area contributed by atoms with Crippen molar-refractivity contribution in [3.63, 3.8) is 0 Å². The van der Waals surface area contributed by atoms with Gasteiger partial charge in [-0.2, -0.15) is 5.26 Å². The zero-order chi connectivity index (χ0) is 13.2. The molecule has 1 aromatic carbocycles. The summed E-state index contributed by atoms with van der Waals surface area (Å²) in [7, 11) is 0. The average Bonchev–Trinajstić information content (AvgIpc) is 2.38. The zero-order valence-corrected chi connectivity index (χ0v) is 10.6. The molecule has 0 saturated carbocycles. The predicted octanol–water partition coefficient (Wildman–Crippen LogP) is 3.12. The van der Waals surface area contributed by atoms with E-state index in [4.69, 9.17) is 11.0 Å². The van der Waals surface area contributed by atoms with Crippen molar-refractivity contribution in [2.24, 2.45) is 5.73 Å². The Balaban J connectivity index is 2.21. The number of benzene rings is 1. The van der Waals surface area contributed by atoms with E-state index in [2.05, 4.69) is 6.07 Å². The molecule has 1 atom stereocenters. The summed E-state index contributed by atoms with van der Waals surface area (Å²) >= 11 is 0. The number of rotatable bonds is 8. The molecular weight excluding hydrogens is 224 g/mol. The van der Waals surface area contributed by atoms with Crippen LogP contribution < -0.4 is 5.73 Å². The molecule has 1 aromatic rings. The molecule has 0 aliphatic carbocycles. The fourth-order valence-electron chi connectivity index (χ4n) is 1.99. The van der Waals surface area contributed by atoms with E-state index in [-0.39, 0.29) is 11.8 Å². The third-order valence-electron chi connectivity index (χ3n) is 3.02. The second-order valence-corrected chi connectivity index (χ2v) is 4.51. The van der Waals surface area contributed by atoms with Gasteiger partial charge in [0.05, 0.1) is 12.0 Å². The van der Waals surface area contributed by atoms with Crippen molar-refractivity contribution in [2.45, 2.75) is 44.4 Å². The molecule has 0 fully saturated rings. The number of nitrogens with two attached hydrogens (primary N) is 1. The normalized spacial score (nSPS) is 11.7. The van der Waals surface area contributed by atoms with E-state index >= 15 is 0 Å². The molecule has 18 heavy (non-hydrogen) atoms. The fraction of sp³-hybridized carbons (Fsp3) is 0.467. The van der Waals surface area contributed by atoms with E-state index in [1.807, 2.05) is 30.3 Å². The predicted molar refractivity (Wildman–Crippen MR) is 71.7 cm³/mol. The van der Waals surface area contributed by atoms with Crippen LogP contribution in [0.15, 0.2) is 30.3 Å². The molecule has 3 heteroatoms. The van der Waals surface area contributed by atoms with Crippen molar-refractivity contribution < 1.29 is 4.79 Å². The summed E-state index contributed by atoms with van der Waals surface area (Å²) in [6.45, 7) is 0. The van der Waals surface area contributed by atoms with Gasteiger partial charge in [-0.3, -0.25) is 4.79 Å². The Bertz CT molecular complexity index is 395. The van der Waals surface area contributed by atoms with Crippen LogP contribution in [0.3, 0.4) is 0 Å². The molecule has 0 aromatic heterocycles. The Labute approximate surface area is 109 Å². The molecule has 2 N–H and O–H groups in total. The van der Waals surface area contributed by atoms with Gasteiger partial charge in [-0.25, -0.2) is 0 Å². The van der Waals surface area contributed by atoms with E-state index in [9.17, 15) is 4.79 Å². The standard InChI is InChI=1S/C15H20N2O/c16-12-14(13-8-5-3-6-9-13)10-4-1-2-7-11-15(17)18/h3,5-6,8-9,14H,1-2,4,7,10-11H2,(H2,17,18). The molecule has 96 valence electrons. The van der Waals surface area contributed by atoms with Gasteiger partial charge >= 0.3 is 0 Å². The smallest absolute Gasteiger partial charge is 0.217 e. The number of hydrogen-bond donors (Lipinski definition) is 1. The Kier molecular flexibility index (Phi) is 6.56. The van der Waals surface area contributed by atoms with Gasteiger partial charge in [-0.1, -0.05) is 49.6 Å². The van der Waals surface area contributed by atoms with Crippen molar-refractivity contribution in [1.82, 2.24) is 0 Å². The highest BCUT2D eigenvalue weighted by Crippen LogP contribution is 2.21. The van der Waals surface area contributed by atoms with Crippen molar-refractivity contribution in [3.05, 3.63) is 35.9 Å². The second-order valence-electron chi connectivity index (χ2n) is 4.51. The van der Waals surface area contributed by atoms with Gasteiger partial charge < -0.3 is 5.73 Å². The van der Waals surface area contributed by atoms with Gasteiger partial charge in [0.1, 0.15) is 0 Å². The molecule has 0 radical (unpaired) electrons. The fourth-order valence-corrected chi connectivity index (χ4v) is 1.99. The van der Waals surface area contributed by atoms with Gasteiger partial charge in [-0.15, -0.1) is 0 Å². The molecule has 1 amide bonds. The zero-order valence-electron chi connectivity index (χ0n) is 10.6. The van der Waals surface area contributed by atoms with Crippen LogP contribution in [-0.2, 0) is 4.79 Å². The maximum absolute atomic E-state index is 10.6. The van der Waals surface area contributed by atoms with Crippen LogP contribution in [0.1, 0.15) is 50.0 Å². The lowest BCUT2D eigenvalue weighted by molar-refractivity contribution is -0.118. The van der Waals surface area contributed by atoms with Gasteiger partial charge in [0.2, 0.25) is 5.91 Å². The van der Waals surface area contributed by atoms with E-state index in [0.29, 0.717) is 6.42 Å². The first-order valence-electron chi connectivity index (χ1n) is 6.47. The minimum Gasteiger partial charge on any atom is -0.370 e. The summed E-state index contributed by atoms with van der Waals surface area (Å²) in [5.74, 6) is -0.239. The van der Waals surface area contributed by atoms with Gasteiger partial charge in [0.15, 0.2) is 0 Å². The van der Waals surface area contributed by atoms with E-state index in [1.165, 1.54) is 0 Å². The van der Waals surface area contributed by atoms with E-state index in [0.717, 1.165) is 37.7 Å². The SMILES string of the molecule is N#CC(CCCCCCC(N)=O)c1ccccc1. The van der Waals surface area contributed by atoms with Crippen LogP contribution in [0.2, 0.25) is 0 Å². The monoisotopic (exact) mass is 244 g/mol. The van der Waals surface area contributed by atoms with E-state index in [1.54, 1.807) is 0 Å². The Morgan fingerprint density at radius 2 is 1.83 bits per heavy atom. The topological polar surface area (TPSA) is 66.9 Å². The number of primary amides is 1. The van der Waals surface area contributed by atoms with Crippen LogP contribution in [0, 0.1) is 11.3 Å². The maximum atomic E-state index is 10.6. The summed E-state index contributed by atoms with van der Waals surface area (Å²) in [6, 6.07) is 12.2. The third kappa shape index (κ3) is 5.49. The highest BCUT2D eigenvalue weighted by molar-refractivity contribution is 5.73. The second kappa shape index (κ2) is 8.30. The van der Waals surface area contributed by atoms with Crippen molar-refractivity contribution in [2.75, 3.05) is 0 Å². The molecule has 0 aliphatic heterocycles. The molecule has 1 unspecified atom stereocenters. The lowest BCUT2D eigenvalue weighted by Gasteiger charge is -2.08. The molecule has 0 bridgehead atoms. The molecule has 0 spiro atoms. The number of nitrogens with zero attached hydrogens (tertiary/aromatic N) is 1. The molecule has 0 heterocycles. The number of carbonyl (C=O) groups excluding carboxylic acids is 1. The Morgan fingerprint density at radius 3 is 2.44 bits per heavy atom. The van der Waals surface area contributed by atoms with Crippen LogP contribution in [0.25, 0.3) is 0 Å². The first-order valence-corrected chi connectivity index (χ1v) is 6.47. The number of unbranched alkanes of at least 4 members (excludes halogenated alkanes) is 3. The quantitative estimate of drug-likeness (QED) is 0.714. The summed E-state index contributed by atoms with van der Waals surface area (Å²) in [6.07, 6.45) is 5.30. The maximum Gasteiger partial charge on any atom is 0.217 e. The summed E-state index contributed by atoms with van der Waals surface area (Å²) in [5.41, 5.74) is 6.17. The largest absolute Gasteiger partial charge is 0.370 e. The van der Waals surface area contributed by atoms with Crippen LogP contribution in [0.4, 0.5) is 0 Å². The van der Waals surface area contributed by atoms with Gasteiger partial charge in [0, 0.05) is 6.42 Å². The number of nitriles is 1. The molecule has 3 nitrogen and oxygen atoms in total. The lowest BCUT2D eigenvalue weighted by Crippen LogP contribution is -2.09. The molecule has 0 saturated heterocycles. The summed E-state index contributed by atoms with van der Waals surface area (Å²) in [5, 5.41) is 9.14. The van der Waals surface area contributed by atoms with Gasteiger partial charge in [-0.05, 0) is 18.4 Å². The minimum atomic E-state index is -0.228. The molecule has 1 rings (SSSR count). The van der Waals surface area contributed by atoms with Crippen LogP contribution >= 0.6 is 0 Å². The summed E-state index contributed by atoms with van der Waals surface area (Å²) in [4.78, 5) is 10.6. The third-order valence-corrected chi connectivity index (χ3v) is 3.02. The molecule has 0 aliphatic rings. The van der Waals surface area contributed by atoms with Crippen molar-refractivity contribution in [1.29, 1.82) is 5.26 Å². The van der Waals surface area contributed by atoms with E-state index < -0.39 is 0 Å². The minimum absolute atomic E-state index is 0.0117. The van der Waals surface area contributed by atoms with Crippen LogP contribution in [-0.4, -0.2) is 5.91 Å². The highest BCUT2D eigenvalue weighted by Gasteiger charge is 2.09. The number of amides is 1. The van der Waals surface area contributed by atoms with Crippen molar-refractivity contribution >= 4 is 5.91 Å². The number of hydrogen-bond acceptors (Lipinski definition) is 2. The number of carbonyl (C=O) groups is 1. The average molecular weight is 244 g/mol. The van der Waals surface area contributed by atoms with Crippen molar-refractivity contribution in [3.8, 4) is 6.07 Å². The Hall–Kier alpha value is -1.82. The van der Waals surface area contributed by atoms with Crippen LogP contribution in [0.5, 0.6) is 0 Å². The lowest BCUT2D eigenvalue weighted by atomic mass is 9.94. The summed E-state index contributed by atoms with van der Waals surface area (Å²) < 4.78 is 0. The molecular formula is C15H20N2O. The van der Waals surface area contributed by atoms with Gasteiger partial charge in [0.25, 0.3) is 0 Å².